The van der Waals surface area contributed by atoms with Gasteiger partial charge in [-0.15, -0.1) is 11.3 Å². The van der Waals surface area contributed by atoms with Crippen LogP contribution in [0.1, 0.15) is 43.3 Å². The Kier molecular flexibility index (Phi) is 5.08. The smallest absolute Gasteiger partial charge is 0.261 e. The van der Waals surface area contributed by atoms with Crippen LogP contribution >= 0.6 is 11.3 Å². The fraction of sp³-hybridized carbons (Fsp3) is 0.368. The monoisotopic (exact) mass is 357 g/mol. The Labute approximate surface area is 151 Å². The molecule has 1 fully saturated rings. The average Bonchev–Trinajstić information content (AvgIpc) is 3.04. The fourth-order valence-corrected chi connectivity index (χ4v) is 3.85. The molecule has 1 aliphatic rings. The van der Waals surface area contributed by atoms with Gasteiger partial charge < -0.3 is 16.0 Å². The molecule has 3 N–H and O–H groups in total. The van der Waals surface area contributed by atoms with Crippen LogP contribution in [0.2, 0.25) is 0 Å². The zero-order valence-electron chi connectivity index (χ0n) is 14.5. The number of thiophene rings is 1. The van der Waals surface area contributed by atoms with Crippen LogP contribution < -0.4 is 11.1 Å². The number of aryl methyl sites for hydroxylation is 2. The topological polar surface area (TPSA) is 75.4 Å². The van der Waals surface area contributed by atoms with Gasteiger partial charge in [0, 0.05) is 35.3 Å². The summed E-state index contributed by atoms with van der Waals surface area (Å²) in [5, 5.41) is 3.08. The summed E-state index contributed by atoms with van der Waals surface area (Å²) >= 11 is 1.50. The first kappa shape index (κ1) is 17.5. The van der Waals surface area contributed by atoms with Gasteiger partial charge >= 0.3 is 0 Å². The zero-order valence-corrected chi connectivity index (χ0v) is 15.4. The quantitative estimate of drug-likeness (QED) is 0.829. The molecule has 2 heterocycles. The van der Waals surface area contributed by atoms with Crippen molar-refractivity contribution in [1.29, 1.82) is 0 Å². The van der Waals surface area contributed by atoms with Crippen molar-refractivity contribution in [2.24, 2.45) is 0 Å². The van der Waals surface area contributed by atoms with Crippen LogP contribution in [0.5, 0.6) is 0 Å². The van der Waals surface area contributed by atoms with E-state index in [9.17, 15) is 9.59 Å². The van der Waals surface area contributed by atoms with Crippen molar-refractivity contribution >= 4 is 28.8 Å². The normalized spacial score (nSPS) is 15.2. The molecule has 0 spiro atoms. The number of likely N-dealkylation sites (tertiary alicyclic amines) is 1. The average molecular weight is 357 g/mol. The van der Waals surface area contributed by atoms with Crippen LogP contribution in [0.25, 0.3) is 0 Å². The summed E-state index contributed by atoms with van der Waals surface area (Å²) in [4.78, 5) is 28.7. The van der Waals surface area contributed by atoms with Gasteiger partial charge in [-0.3, -0.25) is 9.59 Å². The molecule has 132 valence electrons. The summed E-state index contributed by atoms with van der Waals surface area (Å²) < 4.78 is 0. The minimum Gasteiger partial charge on any atom is -0.399 e. The Balaban J connectivity index is 1.57. The molecule has 0 bridgehead atoms. The Morgan fingerprint density at radius 1 is 1.16 bits per heavy atom. The highest BCUT2D eigenvalue weighted by Gasteiger charge is 2.26. The number of nitrogens with two attached hydrogens (primary N) is 1. The molecule has 0 radical (unpaired) electrons. The molecule has 0 saturated carbocycles. The molecule has 1 aromatic carbocycles. The molecular weight excluding hydrogens is 334 g/mol. The Morgan fingerprint density at radius 2 is 1.88 bits per heavy atom. The third-order valence-corrected chi connectivity index (χ3v) is 5.57. The number of carbonyl (C=O) groups excluding carboxylic acids is 2. The summed E-state index contributed by atoms with van der Waals surface area (Å²) in [6, 6.07) is 9.34. The maximum atomic E-state index is 12.7. The van der Waals surface area contributed by atoms with E-state index in [1.54, 1.807) is 12.1 Å². The predicted molar refractivity (Wildman–Crippen MR) is 101 cm³/mol. The van der Waals surface area contributed by atoms with Crippen LogP contribution in [0.3, 0.4) is 0 Å². The summed E-state index contributed by atoms with van der Waals surface area (Å²) in [5.74, 6) is -0.00184. The van der Waals surface area contributed by atoms with Gasteiger partial charge in [0.2, 0.25) is 0 Å². The SMILES string of the molecule is Cc1ccc(C(=O)NC2CCN(C(=O)c3cc(N)ccc3C)CC2)s1. The molecular formula is C19H23N3O2S. The van der Waals surface area contributed by atoms with Crippen molar-refractivity contribution in [1.82, 2.24) is 10.2 Å². The largest absolute Gasteiger partial charge is 0.399 e. The predicted octanol–water partition coefficient (Wildman–Crippen LogP) is 2.98. The molecule has 1 aliphatic heterocycles. The second-order valence-corrected chi connectivity index (χ2v) is 7.81. The van der Waals surface area contributed by atoms with E-state index in [1.807, 2.05) is 36.9 Å². The number of nitrogens with zero attached hydrogens (tertiary/aromatic N) is 1. The molecule has 0 atom stereocenters. The Hall–Kier alpha value is -2.34. The molecule has 6 heteroatoms. The molecule has 0 aliphatic carbocycles. The Morgan fingerprint density at radius 3 is 2.52 bits per heavy atom. The third kappa shape index (κ3) is 4.02. The van der Waals surface area contributed by atoms with Gasteiger partial charge in [0.25, 0.3) is 11.8 Å². The molecule has 2 amide bonds. The van der Waals surface area contributed by atoms with Crippen LogP contribution in [0.15, 0.2) is 30.3 Å². The number of anilines is 1. The summed E-state index contributed by atoms with van der Waals surface area (Å²) in [5.41, 5.74) is 8.01. The van der Waals surface area contributed by atoms with E-state index in [0.717, 1.165) is 28.2 Å². The summed E-state index contributed by atoms with van der Waals surface area (Å²) in [6.45, 7) is 5.19. The number of rotatable bonds is 3. The number of carbonyl (C=O) groups is 2. The Bertz CT molecular complexity index is 792. The van der Waals surface area contributed by atoms with Crippen LogP contribution in [0.4, 0.5) is 5.69 Å². The van der Waals surface area contributed by atoms with Gasteiger partial charge in [0.1, 0.15) is 0 Å². The highest BCUT2D eigenvalue weighted by molar-refractivity contribution is 7.13. The molecule has 25 heavy (non-hydrogen) atoms. The first-order valence-corrected chi connectivity index (χ1v) is 9.28. The molecule has 1 saturated heterocycles. The first-order valence-electron chi connectivity index (χ1n) is 8.47. The molecule has 2 aromatic rings. The van der Waals surface area contributed by atoms with Gasteiger partial charge in [0.05, 0.1) is 4.88 Å². The van der Waals surface area contributed by atoms with Crippen molar-refractivity contribution in [2.45, 2.75) is 32.7 Å². The summed E-state index contributed by atoms with van der Waals surface area (Å²) in [7, 11) is 0. The number of amides is 2. The third-order valence-electron chi connectivity index (χ3n) is 4.57. The first-order chi connectivity index (χ1) is 11.9. The minimum absolute atomic E-state index is 0.0171. The zero-order chi connectivity index (χ0) is 18.0. The van der Waals surface area contributed by atoms with Crippen molar-refractivity contribution in [2.75, 3.05) is 18.8 Å². The van der Waals surface area contributed by atoms with Gasteiger partial charge in [-0.2, -0.15) is 0 Å². The number of hydrogen-bond acceptors (Lipinski definition) is 4. The van der Waals surface area contributed by atoms with E-state index in [1.165, 1.54) is 11.3 Å². The number of hydrogen-bond donors (Lipinski definition) is 2. The van der Waals surface area contributed by atoms with Crippen LogP contribution in [-0.4, -0.2) is 35.8 Å². The van der Waals surface area contributed by atoms with Gasteiger partial charge in [-0.1, -0.05) is 6.07 Å². The highest BCUT2D eigenvalue weighted by Crippen LogP contribution is 2.20. The van der Waals surface area contributed by atoms with E-state index in [2.05, 4.69) is 5.32 Å². The maximum absolute atomic E-state index is 12.7. The van der Waals surface area contributed by atoms with Crippen molar-refractivity contribution in [3.63, 3.8) is 0 Å². The lowest BCUT2D eigenvalue weighted by molar-refractivity contribution is 0.0698. The highest BCUT2D eigenvalue weighted by atomic mass is 32.1. The van der Waals surface area contributed by atoms with Gasteiger partial charge in [0.15, 0.2) is 0 Å². The maximum Gasteiger partial charge on any atom is 0.261 e. The lowest BCUT2D eigenvalue weighted by Gasteiger charge is -2.32. The van der Waals surface area contributed by atoms with E-state index >= 15 is 0 Å². The van der Waals surface area contributed by atoms with Crippen LogP contribution in [0, 0.1) is 13.8 Å². The molecule has 0 unspecified atom stereocenters. The fourth-order valence-electron chi connectivity index (χ4n) is 3.08. The molecule has 5 nitrogen and oxygen atoms in total. The van der Waals surface area contributed by atoms with Crippen LogP contribution in [-0.2, 0) is 0 Å². The lowest BCUT2D eigenvalue weighted by Crippen LogP contribution is -2.46. The van der Waals surface area contributed by atoms with Crippen molar-refractivity contribution in [3.8, 4) is 0 Å². The number of piperidine rings is 1. The summed E-state index contributed by atoms with van der Waals surface area (Å²) in [6.07, 6.45) is 1.53. The van der Waals surface area contributed by atoms with Gasteiger partial charge in [-0.05, 0) is 56.5 Å². The molecule has 1 aromatic heterocycles. The minimum atomic E-state index is -0.0189. The van der Waals surface area contributed by atoms with Crippen molar-refractivity contribution < 1.29 is 9.59 Å². The van der Waals surface area contributed by atoms with E-state index < -0.39 is 0 Å². The van der Waals surface area contributed by atoms with Gasteiger partial charge in [-0.25, -0.2) is 0 Å². The second kappa shape index (κ2) is 7.27. The number of nitrogens with one attached hydrogen (secondary N) is 1. The van der Waals surface area contributed by atoms with E-state index in [0.29, 0.717) is 24.3 Å². The number of nitrogen functional groups attached to an aromatic ring is 1. The standard InChI is InChI=1S/C19H23N3O2S/c1-12-3-5-14(20)11-16(12)19(24)22-9-7-15(8-10-22)21-18(23)17-6-4-13(2)25-17/h3-6,11,15H,7-10,20H2,1-2H3,(H,21,23). The lowest BCUT2D eigenvalue weighted by atomic mass is 10.0. The second-order valence-electron chi connectivity index (χ2n) is 6.52. The molecule has 3 rings (SSSR count). The van der Waals surface area contributed by atoms with E-state index in [4.69, 9.17) is 5.73 Å². The van der Waals surface area contributed by atoms with E-state index in [-0.39, 0.29) is 17.9 Å². The number of benzene rings is 1. The van der Waals surface area contributed by atoms with Crippen molar-refractivity contribution in [3.05, 3.63) is 51.2 Å².